The summed E-state index contributed by atoms with van der Waals surface area (Å²) in [6.45, 7) is 5.63. The molecule has 102 valence electrons. The molecule has 0 aliphatic carbocycles. The first-order valence-electron chi connectivity index (χ1n) is 6.64. The lowest BCUT2D eigenvalue weighted by Crippen LogP contribution is -2.06. The van der Waals surface area contributed by atoms with Crippen molar-refractivity contribution in [3.05, 3.63) is 51.2 Å². The van der Waals surface area contributed by atoms with Gasteiger partial charge in [0.1, 0.15) is 5.75 Å². The molecule has 0 spiro atoms. The summed E-state index contributed by atoms with van der Waals surface area (Å²) in [4.78, 5) is 0. The minimum absolute atomic E-state index is 0.692. The number of hydrogen-bond donors (Lipinski definition) is 1. The van der Waals surface area contributed by atoms with E-state index in [1.165, 1.54) is 22.3 Å². The van der Waals surface area contributed by atoms with Gasteiger partial charge in [-0.3, -0.25) is 0 Å². The van der Waals surface area contributed by atoms with Crippen molar-refractivity contribution in [2.45, 2.75) is 26.7 Å². The van der Waals surface area contributed by atoms with Crippen LogP contribution < -0.4 is 10.5 Å². The Bertz CT molecular complexity index is 497. The largest absolute Gasteiger partial charge is 0.493 e. The Hall–Kier alpha value is -1.32. The zero-order chi connectivity index (χ0) is 13.7. The Balaban J connectivity index is 1.99. The first-order valence-corrected chi connectivity index (χ1v) is 7.59. The smallest absolute Gasteiger partial charge is 0.125 e. The summed E-state index contributed by atoms with van der Waals surface area (Å²) in [5.74, 6) is 1.02. The number of ether oxygens (including phenoxy) is 1. The maximum absolute atomic E-state index is 5.95. The van der Waals surface area contributed by atoms with Gasteiger partial charge < -0.3 is 10.5 Å². The quantitative estimate of drug-likeness (QED) is 0.876. The topological polar surface area (TPSA) is 35.2 Å². The van der Waals surface area contributed by atoms with E-state index >= 15 is 0 Å². The van der Waals surface area contributed by atoms with Crippen LogP contribution in [0.15, 0.2) is 29.0 Å². The summed E-state index contributed by atoms with van der Waals surface area (Å²) in [6.07, 6.45) is 1.89. The van der Waals surface area contributed by atoms with Crippen LogP contribution in [0.5, 0.6) is 5.75 Å². The molecule has 2 aromatic rings. The third kappa shape index (κ3) is 3.82. The van der Waals surface area contributed by atoms with Crippen molar-refractivity contribution in [3.8, 4) is 5.75 Å². The fraction of sp³-hybridized carbons (Fsp3) is 0.375. The summed E-state index contributed by atoms with van der Waals surface area (Å²) in [7, 11) is 0. The molecule has 1 aromatic heterocycles. The third-order valence-electron chi connectivity index (χ3n) is 3.17. The Kier molecular flexibility index (Phi) is 5.00. The second kappa shape index (κ2) is 6.73. The van der Waals surface area contributed by atoms with Crippen molar-refractivity contribution in [3.63, 3.8) is 0 Å². The molecule has 1 heterocycles. The van der Waals surface area contributed by atoms with Gasteiger partial charge in [0.25, 0.3) is 0 Å². The van der Waals surface area contributed by atoms with Crippen LogP contribution in [0.25, 0.3) is 0 Å². The van der Waals surface area contributed by atoms with E-state index in [-0.39, 0.29) is 0 Å². The summed E-state index contributed by atoms with van der Waals surface area (Å²) in [5.41, 5.74) is 10.6. The zero-order valence-electron chi connectivity index (χ0n) is 11.6. The van der Waals surface area contributed by atoms with Crippen LogP contribution in [0.4, 0.5) is 0 Å². The van der Waals surface area contributed by atoms with Crippen molar-refractivity contribution in [2.75, 3.05) is 13.2 Å². The van der Waals surface area contributed by atoms with E-state index < -0.39 is 0 Å². The zero-order valence-corrected chi connectivity index (χ0v) is 12.4. The van der Waals surface area contributed by atoms with E-state index in [0.717, 1.165) is 25.2 Å². The first-order chi connectivity index (χ1) is 9.20. The number of thiophene rings is 1. The molecule has 0 atom stereocenters. The van der Waals surface area contributed by atoms with Gasteiger partial charge in [-0.15, -0.1) is 0 Å². The molecule has 0 aliphatic rings. The highest BCUT2D eigenvalue weighted by Gasteiger charge is 2.06. The Morgan fingerprint density at radius 3 is 2.42 bits per heavy atom. The van der Waals surface area contributed by atoms with E-state index in [9.17, 15) is 0 Å². The van der Waals surface area contributed by atoms with Crippen LogP contribution in [-0.2, 0) is 12.8 Å². The van der Waals surface area contributed by atoms with Gasteiger partial charge in [-0.1, -0.05) is 12.1 Å². The second-order valence-electron chi connectivity index (χ2n) is 4.83. The number of benzene rings is 1. The second-order valence-corrected chi connectivity index (χ2v) is 5.61. The summed E-state index contributed by atoms with van der Waals surface area (Å²) < 4.78 is 5.95. The highest BCUT2D eigenvalue weighted by atomic mass is 32.1. The number of rotatable bonds is 6. The van der Waals surface area contributed by atoms with Gasteiger partial charge in [0.05, 0.1) is 6.61 Å². The Morgan fingerprint density at radius 2 is 1.84 bits per heavy atom. The molecule has 0 aliphatic heterocycles. The Morgan fingerprint density at radius 1 is 1.11 bits per heavy atom. The maximum atomic E-state index is 5.95. The van der Waals surface area contributed by atoms with Crippen LogP contribution in [-0.4, -0.2) is 13.2 Å². The van der Waals surface area contributed by atoms with E-state index in [1.807, 2.05) is 0 Å². The van der Waals surface area contributed by atoms with Crippen LogP contribution in [0.1, 0.15) is 22.3 Å². The number of aryl methyl sites for hydroxylation is 2. The molecule has 2 nitrogen and oxygen atoms in total. The fourth-order valence-corrected chi connectivity index (χ4v) is 2.99. The molecule has 0 unspecified atom stereocenters. The SMILES string of the molecule is Cc1cc(CCN)cc(C)c1OCCc1ccsc1. The molecule has 3 heteroatoms. The summed E-state index contributed by atoms with van der Waals surface area (Å²) >= 11 is 1.73. The van der Waals surface area contributed by atoms with Crippen LogP contribution in [0, 0.1) is 13.8 Å². The van der Waals surface area contributed by atoms with Crippen LogP contribution in [0.2, 0.25) is 0 Å². The van der Waals surface area contributed by atoms with Crippen molar-refractivity contribution in [1.82, 2.24) is 0 Å². The number of hydrogen-bond acceptors (Lipinski definition) is 3. The molecular weight excluding hydrogens is 254 g/mol. The van der Waals surface area contributed by atoms with Gasteiger partial charge in [0, 0.05) is 6.42 Å². The molecule has 0 saturated heterocycles. The van der Waals surface area contributed by atoms with Gasteiger partial charge in [-0.2, -0.15) is 11.3 Å². The van der Waals surface area contributed by atoms with E-state index in [1.54, 1.807) is 11.3 Å². The molecule has 1 aromatic carbocycles. The lowest BCUT2D eigenvalue weighted by atomic mass is 10.0. The van der Waals surface area contributed by atoms with Gasteiger partial charge in [0.2, 0.25) is 0 Å². The average molecular weight is 275 g/mol. The minimum atomic E-state index is 0.692. The third-order valence-corrected chi connectivity index (χ3v) is 3.90. The standard InChI is InChI=1S/C16H21NOS/c1-12-9-15(3-6-17)10-13(2)16(12)18-7-4-14-5-8-19-11-14/h5,8-11H,3-4,6-7,17H2,1-2H3. The summed E-state index contributed by atoms with van der Waals surface area (Å²) in [6, 6.07) is 6.51. The van der Waals surface area contributed by atoms with Crippen molar-refractivity contribution < 1.29 is 4.74 Å². The minimum Gasteiger partial charge on any atom is -0.493 e. The first kappa shape index (κ1) is 14.1. The molecule has 2 rings (SSSR count). The molecule has 2 N–H and O–H groups in total. The van der Waals surface area contributed by atoms with Crippen molar-refractivity contribution >= 4 is 11.3 Å². The lowest BCUT2D eigenvalue weighted by molar-refractivity contribution is 0.317. The molecule has 0 radical (unpaired) electrons. The van der Waals surface area contributed by atoms with E-state index in [0.29, 0.717) is 6.54 Å². The van der Waals surface area contributed by atoms with Crippen LogP contribution >= 0.6 is 11.3 Å². The van der Waals surface area contributed by atoms with Crippen molar-refractivity contribution in [2.24, 2.45) is 5.73 Å². The molecule has 0 saturated carbocycles. The molecule has 0 bridgehead atoms. The van der Waals surface area contributed by atoms with E-state index in [4.69, 9.17) is 10.5 Å². The van der Waals surface area contributed by atoms with Gasteiger partial charge in [0.15, 0.2) is 0 Å². The normalized spacial score (nSPS) is 10.7. The lowest BCUT2D eigenvalue weighted by Gasteiger charge is -2.13. The average Bonchev–Trinajstić information content (AvgIpc) is 2.86. The number of nitrogens with two attached hydrogens (primary N) is 1. The highest BCUT2D eigenvalue weighted by molar-refractivity contribution is 7.07. The van der Waals surface area contributed by atoms with Gasteiger partial charge in [-0.05, 0) is 65.9 Å². The fourth-order valence-electron chi connectivity index (χ4n) is 2.28. The highest BCUT2D eigenvalue weighted by Crippen LogP contribution is 2.25. The van der Waals surface area contributed by atoms with Gasteiger partial charge >= 0.3 is 0 Å². The molecule has 0 amide bonds. The maximum Gasteiger partial charge on any atom is 0.125 e. The predicted molar refractivity (Wildman–Crippen MR) is 82.2 cm³/mol. The molecule has 0 fully saturated rings. The Labute approximate surface area is 119 Å². The van der Waals surface area contributed by atoms with Crippen molar-refractivity contribution in [1.29, 1.82) is 0 Å². The molecular formula is C16H21NOS. The van der Waals surface area contributed by atoms with Crippen LogP contribution in [0.3, 0.4) is 0 Å². The summed E-state index contributed by atoms with van der Waals surface area (Å²) in [5, 5.41) is 4.28. The molecule has 19 heavy (non-hydrogen) atoms. The predicted octanol–water partition coefficient (Wildman–Crippen LogP) is 3.49. The monoisotopic (exact) mass is 275 g/mol. The van der Waals surface area contributed by atoms with E-state index in [2.05, 4.69) is 42.8 Å². The van der Waals surface area contributed by atoms with Gasteiger partial charge in [-0.25, -0.2) is 0 Å².